The van der Waals surface area contributed by atoms with E-state index in [-0.39, 0.29) is 11.9 Å². The third-order valence-corrected chi connectivity index (χ3v) is 3.40. The topological polar surface area (TPSA) is 86.5 Å². The monoisotopic (exact) mass is 257 g/mol. The van der Waals surface area contributed by atoms with E-state index in [4.69, 9.17) is 10.5 Å². The van der Waals surface area contributed by atoms with E-state index in [1.165, 1.54) is 18.6 Å². The summed E-state index contributed by atoms with van der Waals surface area (Å²) < 4.78 is 14.0. The Morgan fingerprint density at radius 1 is 1.71 bits per heavy atom. The van der Waals surface area contributed by atoms with Crippen molar-refractivity contribution in [1.29, 1.82) is 0 Å². The molecule has 17 heavy (non-hydrogen) atoms. The van der Waals surface area contributed by atoms with E-state index in [1.54, 1.807) is 0 Å². The zero-order valence-electron chi connectivity index (χ0n) is 9.56. The second-order valence-corrected chi connectivity index (χ2v) is 4.60. The first kappa shape index (κ1) is 12.1. The molecule has 0 radical (unpaired) electrons. The molecule has 0 amide bonds. The summed E-state index contributed by atoms with van der Waals surface area (Å²) in [5, 5.41) is 3.89. The standard InChI is InChI=1S/C10H15N3O3S/c1-15-10(14)7-8(11)13-17-9(7)12-6-3-2-4-16-5-6/h6,12H,2-5H2,1H3,(H2,11,13). The van der Waals surface area contributed by atoms with Crippen LogP contribution in [0.1, 0.15) is 23.2 Å². The minimum absolute atomic E-state index is 0.201. The first-order chi connectivity index (χ1) is 8.22. The van der Waals surface area contributed by atoms with Gasteiger partial charge in [0.2, 0.25) is 0 Å². The van der Waals surface area contributed by atoms with Crippen LogP contribution >= 0.6 is 11.5 Å². The second kappa shape index (κ2) is 5.33. The predicted molar refractivity (Wildman–Crippen MR) is 65.3 cm³/mol. The van der Waals surface area contributed by atoms with Gasteiger partial charge >= 0.3 is 5.97 Å². The molecule has 0 spiro atoms. The number of nitrogen functional groups attached to an aromatic ring is 1. The fraction of sp³-hybridized carbons (Fsp3) is 0.600. The van der Waals surface area contributed by atoms with Gasteiger partial charge in [-0.3, -0.25) is 0 Å². The summed E-state index contributed by atoms with van der Waals surface area (Å²) in [6.45, 7) is 1.44. The van der Waals surface area contributed by atoms with Gasteiger partial charge in [-0.05, 0) is 24.4 Å². The normalized spacial score (nSPS) is 19.9. The molecule has 1 unspecified atom stereocenters. The zero-order chi connectivity index (χ0) is 12.3. The number of nitrogens with one attached hydrogen (secondary N) is 1. The number of anilines is 2. The van der Waals surface area contributed by atoms with Crippen LogP contribution in [0.2, 0.25) is 0 Å². The zero-order valence-corrected chi connectivity index (χ0v) is 10.4. The van der Waals surface area contributed by atoms with E-state index in [0.29, 0.717) is 17.2 Å². The van der Waals surface area contributed by atoms with Crippen LogP contribution in [0.5, 0.6) is 0 Å². The van der Waals surface area contributed by atoms with Crippen LogP contribution in [0.3, 0.4) is 0 Å². The number of hydrogen-bond donors (Lipinski definition) is 2. The number of nitrogens with two attached hydrogens (primary N) is 1. The lowest BCUT2D eigenvalue weighted by Crippen LogP contribution is -2.30. The molecule has 6 nitrogen and oxygen atoms in total. The van der Waals surface area contributed by atoms with Gasteiger partial charge in [0.25, 0.3) is 0 Å². The number of carbonyl (C=O) groups is 1. The number of methoxy groups -OCH3 is 1. The summed E-state index contributed by atoms with van der Waals surface area (Å²) in [6.07, 6.45) is 2.03. The van der Waals surface area contributed by atoms with Crippen molar-refractivity contribution in [3.63, 3.8) is 0 Å². The minimum atomic E-state index is -0.463. The van der Waals surface area contributed by atoms with E-state index >= 15 is 0 Å². The molecule has 0 aromatic carbocycles. The van der Waals surface area contributed by atoms with Crippen molar-refractivity contribution in [2.45, 2.75) is 18.9 Å². The molecular formula is C10H15N3O3S. The number of carbonyl (C=O) groups excluding carboxylic acids is 1. The maximum atomic E-state index is 11.6. The fourth-order valence-corrected chi connectivity index (χ4v) is 2.52. The van der Waals surface area contributed by atoms with Gasteiger partial charge in [-0.25, -0.2) is 4.79 Å². The van der Waals surface area contributed by atoms with Gasteiger partial charge in [-0.1, -0.05) is 0 Å². The van der Waals surface area contributed by atoms with E-state index in [0.717, 1.165) is 19.4 Å². The van der Waals surface area contributed by atoms with Crippen LogP contribution in [0.25, 0.3) is 0 Å². The maximum absolute atomic E-state index is 11.6. The Hall–Kier alpha value is -1.34. The molecule has 1 atom stereocenters. The van der Waals surface area contributed by atoms with Crippen LogP contribution in [-0.4, -0.2) is 36.7 Å². The highest BCUT2D eigenvalue weighted by molar-refractivity contribution is 7.11. The van der Waals surface area contributed by atoms with Crippen molar-refractivity contribution in [2.75, 3.05) is 31.4 Å². The molecule has 1 aromatic rings. The quantitative estimate of drug-likeness (QED) is 0.789. The highest BCUT2D eigenvalue weighted by Crippen LogP contribution is 2.29. The Labute approximate surface area is 103 Å². The van der Waals surface area contributed by atoms with Gasteiger partial charge in [0.05, 0.1) is 19.8 Å². The molecule has 2 rings (SSSR count). The molecule has 1 saturated heterocycles. The lowest BCUT2D eigenvalue weighted by molar-refractivity contribution is 0.0602. The molecule has 94 valence electrons. The lowest BCUT2D eigenvalue weighted by atomic mass is 10.1. The van der Waals surface area contributed by atoms with Gasteiger partial charge in [-0.2, -0.15) is 4.37 Å². The summed E-state index contributed by atoms with van der Waals surface area (Å²) in [7, 11) is 1.33. The van der Waals surface area contributed by atoms with Crippen molar-refractivity contribution in [3.05, 3.63) is 5.56 Å². The van der Waals surface area contributed by atoms with Crippen molar-refractivity contribution >= 4 is 28.3 Å². The van der Waals surface area contributed by atoms with Gasteiger partial charge in [0, 0.05) is 6.61 Å². The van der Waals surface area contributed by atoms with Crippen LogP contribution in [0.4, 0.5) is 10.8 Å². The van der Waals surface area contributed by atoms with E-state index in [1.807, 2.05) is 0 Å². The molecule has 1 fully saturated rings. The average molecular weight is 257 g/mol. The number of aromatic nitrogens is 1. The predicted octanol–water partition coefficient (Wildman–Crippen LogP) is 1.10. The summed E-state index contributed by atoms with van der Waals surface area (Å²) in [6, 6.07) is 0.201. The third kappa shape index (κ3) is 2.67. The first-order valence-electron chi connectivity index (χ1n) is 5.40. The largest absolute Gasteiger partial charge is 0.465 e. The molecule has 1 aliphatic rings. The summed E-state index contributed by atoms with van der Waals surface area (Å²) in [5.74, 6) is -0.253. The molecule has 2 heterocycles. The van der Waals surface area contributed by atoms with Crippen LogP contribution in [0, 0.1) is 0 Å². The molecule has 1 aliphatic heterocycles. The van der Waals surface area contributed by atoms with Gasteiger partial charge in [0.1, 0.15) is 10.6 Å². The smallest absolute Gasteiger partial charge is 0.344 e. The van der Waals surface area contributed by atoms with Crippen molar-refractivity contribution < 1.29 is 14.3 Å². The van der Waals surface area contributed by atoms with E-state index < -0.39 is 5.97 Å². The Balaban J connectivity index is 2.12. The first-order valence-corrected chi connectivity index (χ1v) is 6.17. The van der Waals surface area contributed by atoms with Crippen molar-refractivity contribution in [1.82, 2.24) is 4.37 Å². The van der Waals surface area contributed by atoms with Gasteiger partial charge in [0.15, 0.2) is 5.82 Å². The maximum Gasteiger partial charge on any atom is 0.344 e. The number of nitrogens with zero attached hydrogens (tertiary/aromatic N) is 1. The van der Waals surface area contributed by atoms with Gasteiger partial charge in [-0.15, -0.1) is 0 Å². The average Bonchev–Trinajstić information content (AvgIpc) is 2.71. The molecule has 3 N–H and O–H groups in total. The molecular weight excluding hydrogens is 242 g/mol. The Bertz CT molecular complexity index is 402. The molecule has 7 heteroatoms. The van der Waals surface area contributed by atoms with Crippen LogP contribution in [0.15, 0.2) is 0 Å². The number of esters is 1. The van der Waals surface area contributed by atoms with E-state index in [2.05, 4.69) is 14.4 Å². The molecule has 0 saturated carbocycles. The summed E-state index contributed by atoms with van der Waals surface area (Å²) in [4.78, 5) is 11.6. The minimum Gasteiger partial charge on any atom is -0.465 e. The summed E-state index contributed by atoms with van der Waals surface area (Å²) >= 11 is 1.17. The lowest BCUT2D eigenvalue weighted by Gasteiger charge is -2.23. The Kier molecular flexibility index (Phi) is 3.80. The number of rotatable bonds is 3. The number of hydrogen-bond acceptors (Lipinski definition) is 7. The third-order valence-electron chi connectivity index (χ3n) is 2.60. The van der Waals surface area contributed by atoms with Crippen molar-refractivity contribution in [3.8, 4) is 0 Å². The second-order valence-electron chi connectivity index (χ2n) is 3.82. The van der Waals surface area contributed by atoms with Gasteiger partial charge < -0.3 is 20.5 Å². The molecule has 1 aromatic heterocycles. The fourth-order valence-electron chi connectivity index (χ4n) is 1.74. The Morgan fingerprint density at radius 2 is 2.53 bits per heavy atom. The highest BCUT2D eigenvalue weighted by Gasteiger charge is 2.23. The summed E-state index contributed by atoms with van der Waals surface area (Å²) in [5.41, 5.74) is 5.97. The SMILES string of the molecule is COC(=O)c1c(N)nsc1NC1CCCOC1. The van der Waals surface area contributed by atoms with Crippen molar-refractivity contribution in [2.24, 2.45) is 0 Å². The molecule has 0 bridgehead atoms. The Morgan fingerprint density at radius 3 is 3.18 bits per heavy atom. The van der Waals surface area contributed by atoms with Crippen LogP contribution in [-0.2, 0) is 9.47 Å². The number of ether oxygens (including phenoxy) is 2. The molecule has 0 aliphatic carbocycles. The van der Waals surface area contributed by atoms with E-state index in [9.17, 15) is 4.79 Å². The van der Waals surface area contributed by atoms with Crippen LogP contribution < -0.4 is 11.1 Å². The highest BCUT2D eigenvalue weighted by atomic mass is 32.1.